The van der Waals surface area contributed by atoms with Crippen LogP contribution in [0.5, 0.6) is 5.88 Å². The van der Waals surface area contributed by atoms with Gasteiger partial charge in [-0.05, 0) is 87.2 Å². The molecule has 0 spiro atoms. The van der Waals surface area contributed by atoms with Crippen LogP contribution in [0.4, 0.5) is 0 Å². The molecule has 3 aromatic heterocycles. The summed E-state index contributed by atoms with van der Waals surface area (Å²) in [6.45, 7) is 9.71. The summed E-state index contributed by atoms with van der Waals surface area (Å²) in [5.74, 6) is 0.677. The first-order valence-electron chi connectivity index (χ1n) is 14.3. The van der Waals surface area contributed by atoms with Crippen LogP contribution in [0.15, 0.2) is 35.5 Å². The Balaban J connectivity index is 1.18. The Morgan fingerprint density at radius 1 is 1.17 bits per heavy atom. The number of pyridine rings is 1. The van der Waals surface area contributed by atoms with E-state index in [-0.39, 0.29) is 15.6 Å². The third kappa shape index (κ3) is 7.30. The number of aromatic nitrogens is 5. The number of nitrogens with zero attached hydrogens (tertiary/aromatic N) is 5. The Morgan fingerprint density at radius 3 is 2.63 bits per heavy atom. The Morgan fingerprint density at radius 2 is 1.95 bits per heavy atom. The van der Waals surface area contributed by atoms with E-state index < -0.39 is 15.9 Å². The molecule has 222 valence electrons. The van der Waals surface area contributed by atoms with Gasteiger partial charge in [-0.25, -0.2) is 22.8 Å². The molecule has 1 unspecified atom stereocenters. The summed E-state index contributed by atoms with van der Waals surface area (Å²) in [4.78, 5) is 17.1. The molecule has 0 aromatic carbocycles. The van der Waals surface area contributed by atoms with Crippen molar-refractivity contribution in [2.24, 2.45) is 16.7 Å². The lowest BCUT2D eigenvalue weighted by atomic mass is 9.89. The van der Waals surface area contributed by atoms with Gasteiger partial charge in [0.05, 0.1) is 17.9 Å². The van der Waals surface area contributed by atoms with E-state index >= 15 is 0 Å². The summed E-state index contributed by atoms with van der Waals surface area (Å²) in [6, 6.07) is 4.70. The molecule has 41 heavy (non-hydrogen) atoms. The van der Waals surface area contributed by atoms with E-state index in [0.29, 0.717) is 47.3 Å². The molecule has 2 aliphatic carbocycles. The van der Waals surface area contributed by atoms with Crippen LogP contribution in [0.1, 0.15) is 88.2 Å². The quantitative estimate of drug-likeness (QED) is 0.263. The predicted octanol–water partition coefficient (Wildman–Crippen LogP) is 5.72. The number of ether oxygens (including phenoxy) is 1. The Hall–Kier alpha value is -2.92. The molecular formula is C29H39ClN6O4S. The van der Waals surface area contributed by atoms with E-state index in [1.165, 1.54) is 49.0 Å². The second kappa shape index (κ2) is 11.4. The van der Waals surface area contributed by atoms with Crippen molar-refractivity contribution in [1.82, 2.24) is 29.3 Å². The predicted molar refractivity (Wildman–Crippen MR) is 156 cm³/mol. The minimum absolute atomic E-state index is 0.0340. The summed E-state index contributed by atoms with van der Waals surface area (Å²) in [5, 5.41) is 8.60. The maximum atomic E-state index is 13.1. The summed E-state index contributed by atoms with van der Waals surface area (Å²) in [5.41, 5.74) is 1.07. The molecule has 0 radical (unpaired) electrons. The molecule has 2 fully saturated rings. The normalized spacial score (nSPS) is 19.3. The molecule has 0 bridgehead atoms. The monoisotopic (exact) mass is 602 g/mol. The van der Waals surface area contributed by atoms with Gasteiger partial charge in [0, 0.05) is 25.0 Å². The molecule has 1 atom stereocenters. The fraction of sp³-hybridized carbons (Fsp3) is 0.586. The minimum atomic E-state index is -4.17. The lowest BCUT2D eigenvalue weighted by molar-refractivity contribution is 0.0981. The highest BCUT2D eigenvalue weighted by Gasteiger charge is 2.36. The maximum absolute atomic E-state index is 13.1. The molecule has 0 saturated heterocycles. The Kier molecular flexibility index (Phi) is 8.22. The topological polar surface area (TPSA) is 121 Å². The highest BCUT2D eigenvalue weighted by Crippen LogP contribution is 2.48. The van der Waals surface area contributed by atoms with Gasteiger partial charge < -0.3 is 4.74 Å². The Bertz CT molecular complexity index is 1530. The molecule has 3 aromatic rings. The summed E-state index contributed by atoms with van der Waals surface area (Å²) >= 11 is 6.30. The first kappa shape index (κ1) is 29.6. The second-order valence-electron chi connectivity index (χ2n) is 12.7. The number of carbonyl (C=O) groups is 1. The molecule has 1 N–H and O–H groups in total. The van der Waals surface area contributed by atoms with E-state index in [1.807, 2.05) is 0 Å². The number of hydrogen-bond donors (Lipinski definition) is 1. The lowest BCUT2D eigenvalue weighted by Crippen LogP contribution is -2.31. The summed E-state index contributed by atoms with van der Waals surface area (Å²) < 4.78 is 37.2. The van der Waals surface area contributed by atoms with E-state index in [9.17, 15) is 13.2 Å². The van der Waals surface area contributed by atoms with Crippen LogP contribution in [-0.2, 0) is 16.6 Å². The van der Waals surface area contributed by atoms with Gasteiger partial charge in [0.25, 0.3) is 15.9 Å². The number of aryl methyl sites for hydroxylation is 2. The molecule has 12 heteroatoms. The van der Waals surface area contributed by atoms with E-state index in [4.69, 9.17) is 16.3 Å². The summed E-state index contributed by atoms with van der Waals surface area (Å²) in [7, 11) is -4.17. The molecule has 1 amide bonds. The second-order valence-corrected chi connectivity index (χ2v) is 14.7. The van der Waals surface area contributed by atoms with Crippen molar-refractivity contribution in [1.29, 1.82) is 0 Å². The van der Waals surface area contributed by atoms with Gasteiger partial charge in [0.15, 0.2) is 5.82 Å². The van der Waals surface area contributed by atoms with Crippen LogP contribution in [0.3, 0.4) is 0 Å². The van der Waals surface area contributed by atoms with Crippen LogP contribution in [0, 0.1) is 23.7 Å². The van der Waals surface area contributed by atoms with Crippen molar-refractivity contribution in [2.45, 2.75) is 90.5 Å². The third-order valence-corrected chi connectivity index (χ3v) is 10.1. The van der Waals surface area contributed by atoms with Crippen LogP contribution in [0.2, 0.25) is 5.15 Å². The van der Waals surface area contributed by atoms with Gasteiger partial charge in [-0.15, -0.1) is 5.10 Å². The van der Waals surface area contributed by atoms with Crippen molar-refractivity contribution in [3.63, 3.8) is 0 Å². The molecule has 2 saturated carbocycles. The molecule has 3 heterocycles. The van der Waals surface area contributed by atoms with Crippen molar-refractivity contribution in [3.8, 4) is 11.7 Å². The number of halogens is 1. The van der Waals surface area contributed by atoms with Crippen molar-refractivity contribution in [3.05, 3.63) is 47.0 Å². The highest BCUT2D eigenvalue weighted by atomic mass is 35.5. The standard InChI is InChI=1S/C29H39ClN6O4S/c1-20-23(19-35(32-20)15-5-6-21-9-11-28(2,3)18-21)41(38,39)34-27(37)22-7-8-24(31-26(22)30)36-16-10-25(33-36)40-17-14-29(4)12-13-29/h7-8,10,16,19,21H,5-6,9,11-15,17-18H2,1-4H3,(H,34,37). The van der Waals surface area contributed by atoms with Gasteiger partial charge in [0.1, 0.15) is 10.0 Å². The van der Waals surface area contributed by atoms with Gasteiger partial charge in [-0.3, -0.25) is 9.48 Å². The van der Waals surface area contributed by atoms with Crippen LogP contribution in [0.25, 0.3) is 5.82 Å². The van der Waals surface area contributed by atoms with Gasteiger partial charge >= 0.3 is 0 Å². The SMILES string of the molecule is Cc1nn(CCCC2CCC(C)(C)C2)cc1S(=O)(=O)NC(=O)c1ccc(-n2ccc(OCCC3(C)CC3)n2)nc1Cl. The molecule has 5 rings (SSSR count). The first-order valence-corrected chi connectivity index (χ1v) is 16.2. The molecule has 2 aliphatic rings. The molecular weight excluding hydrogens is 564 g/mol. The zero-order chi connectivity index (χ0) is 29.4. The summed E-state index contributed by atoms with van der Waals surface area (Å²) in [6.07, 6.45) is 12.4. The van der Waals surface area contributed by atoms with Gasteiger partial charge in [0.2, 0.25) is 5.88 Å². The van der Waals surface area contributed by atoms with Crippen molar-refractivity contribution in [2.75, 3.05) is 6.61 Å². The fourth-order valence-corrected chi connectivity index (χ4v) is 6.97. The Labute approximate surface area is 246 Å². The number of sulfonamides is 1. The fourth-order valence-electron chi connectivity index (χ4n) is 5.58. The van der Waals surface area contributed by atoms with E-state index in [1.54, 1.807) is 29.9 Å². The van der Waals surface area contributed by atoms with Crippen molar-refractivity contribution < 1.29 is 17.9 Å². The average Bonchev–Trinajstić information content (AvgIpc) is 3.21. The maximum Gasteiger partial charge on any atom is 0.268 e. The first-order chi connectivity index (χ1) is 19.3. The largest absolute Gasteiger partial charge is 0.477 e. The van der Waals surface area contributed by atoms with Crippen LogP contribution in [-0.4, -0.2) is 45.5 Å². The van der Waals surface area contributed by atoms with E-state index in [2.05, 4.69) is 40.7 Å². The number of nitrogens with one attached hydrogen (secondary N) is 1. The minimum Gasteiger partial charge on any atom is -0.477 e. The number of amides is 1. The van der Waals surface area contributed by atoms with E-state index in [0.717, 1.165) is 19.3 Å². The van der Waals surface area contributed by atoms with Gasteiger partial charge in [-0.2, -0.15) is 5.10 Å². The smallest absolute Gasteiger partial charge is 0.268 e. The lowest BCUT2D eigenvalue weighted by Gasteiger charge is -2.16. The number of rotatable bonds is 12. The zero-order valence-electron chi connectivity index (χ0n) is 24.2. The number of carbonyl (C=O) groups excluding carboxylic acids is 1. The number of hydrogen-bond acceptors (Lipinski definition) is 7. The van der Waals surface area contributed by atoms with Crippen molar-refractivity contribution >= 4 is 27.5 Å². The third-order valence-electron chi connectivity index (χ3n) is 8.43. The molecule has 10 nitrogen and oxygen atoms in total. The van der Waals surface area contributed by atoms with Crippen LogP contribution < -0.4 is 9.46 Å². The molecule has 0 aliphatic heterocycles. The van der Waals surface area contributed by atoms with Crippen LogP contribution >= 0.6 is 11.6 Å². The zero-order valence-corrected chi connectivity index (χ0v) is 25.8. The van der Waals surface area contributed by atoms with Gasteiger partial charge in [-0.1, -0.05) is 32.4 Å². The highest BCUT2D eigenvalue weighted by molar-refractivity contribution is 7.90. The average molecular weight is 603 g/mol.